The summed E-state index contributed by atoms with van der Waals surface area (Å²) < 4.78 is 0. The van der Waals surface area contributed by atoms with E-state index in [0.29, 0.717) is 5.92 Å². The van der Waals surface area contributed by atoms with Crippen LogP contribution in [0.15, 0.2) is 12.4 Å². The summed E-state index contributed by atoms with van der Waals surface area (Å²) in [5, 5.41) is 3.40. The SMILES string of the molecule is CC(C)CNCc1cncc(N2CCCC2)n1. The van der Waals surface area contributed by atoms with Gasteiger partial charge in [-0.1, -0.05) is 13.8 Å². The van der Waals surface area contributed by atoms with Crippen LogP contribution in [0.4, 0.5) is 5.82 Å². The van der Waals surface area contributed by atoms with Crippen molar-refractivity contribution < 1.29 is 0 Å². The maximum absolute atomic E-state index is 4.65. The van der Waals surface area contributed by atoms with Gasteiger partial charge in [0.25, 0.3) is 0 Å². The van der Waals surface area contributed by atoms with Crippen molar-refractivity contribution in [1.29, 1.82) is 0 Å². The molecule has 4 nitrogen and oxygen atoms in total. The first-order valence-corrected chi connectivity index (χ1v) is 6.52. The van der Waals surface area contributed by atoms with Crippen molar-refractivity contribution in [3.63, 3.8) is 0 Å². The predicted octanol–water partition coefficient (Wildman–Crippen LogP) is 1.82. The smallest absolute Gasteiger partial charge is 0.147 e. The van der Waals surface area contributed by atoms with Gasteiger partial charge in [0, 0.05) is 25.8 Å². The maximum atomic E-state index is 4.65. The van der Waals surface area contributed by atoms with Crippen molar-refractivity contribution in [2.24, 2.45) is 5.92 Å². The van der Waals surface area contributed by atoms with Gasteiger partial charge in [-0.25, -0.2) is 4.98 Å². The summed E-state index contributed by atoms with van der Waals surface area (Å²) in [7, 11) is 0. The molecule has 0 bridgehead atoms. The first-order valence-electron chi connectivity index (χ1n) is 6.52. The Morgan fingerprint density at radius 3 is 2.76 bits per heavy atom. The fourth-order valence-corrected chi connectivity index (χ4v) is 2.07. The molecule has 2 rings (SSSR count). The molecule has 0 amide bonds. The minimum atomic E-state index is 0.671. The molecule has 1 aromatic rings. The fraction of sp³-hybridized carbons (Fsp3) is 0.692. The molecule has 0 radical (unpaired) electrons. The Morgan fingerprint density at radius 1 is 1.29 bits per heavy atom. The molecule has 2 heterocycles. The quantitative estimate of drug-likeness (QED) is 0.844. The average Bonchev–Trinajstić information content (AvgIpc) is 2.82. The summed E-state index contributed by atoms with van der Waals surface area (Å²) in [5.74, 6) is 1.70. The third-order valence-corrected chi connectivity index (χ3v) is 2.96. The fourth-order valence-electron chi connectivity index (χ4n) is 2.07. The van der Waals surface area contributed by atoms with Crippen LogP contribution in [0.1, 0.15) is 32.4 Å². The van der Waals surface area contributed by atoms with E-state index in [1.807, 2.05) is 12.4 Å². The van der Waals surface area contributed by atoms with Crippen molar-refractivity contribution in [2.45, 2.75) is 33.2 Å². The summed E-state index contributed by atoms with van der Waals surface area (Å²) in [6, 6.07) is 0. The van der Waals surface area contributed by atoms with Crippen molar-refractivity contribution in [2.75, 3.05) is 24.5 Å². The summed E-state index contributed by atoms with van der Waals surface area (Å²) in [4.78, 5) is 11.3. The topological polar surface area (TPSA) is 41.1 Å². The van der Waals surface area contributed by atoms with Gasteiger partial charge in [0.1, 0.15) is 5.82 Å². The summed E-state index contributed by atoms with van der Waals surface area (Å²) >= 11 is 0. The zero-order chi connectivity index (χ0) is 12.1. The minimum Gasteiger partial charge on any atom is -0.355 e. The van der Waals surface area contributed by atoms with Crippen LogP contribution in [0, 0.1) is 5.92 Å². The van der Waals surface area contributed by atoms with Crippen LogP contribution in [0.3, 0.4) is 0 Å². The number of hydrogen-bond acceptors (Lipinski definition) is 4. The van der Waals surface area contributed by atoms with Crippen LogP contribution in [0.5, 0.6) is 0 Å². The van der Waals surface area contributed by atoms with Gasteiger partial charge in [-0.3, -0.25) is 4.98 Å². The predicted molar refractivity (Wildman–Crippen MR) is 70.0 cm³/mol. The molecule has 0 aliphatic carbocycles. The van der Waals surface area contributed by atoms with Crippen molar-refractivity contribution in [3.8, 4) is 0 Å². The van der Waals surface area contributed by atoms with Gasteiger partial charge in [0.15, 0.2) is 0 Å². The van der Waals surface area contributed by atoms with Crippen LogP contribution < -0.4 is 10.2 Å². The van der Waals surface area contributed by atoms with Crippen LogP contribution in [0.2, 0.25) is 0 Å². The molecular formula is C13H22N4. The zero-order valence-corrected chi connectivity index (χ0v) is 10.8. The number of rotatable bonds is 5. The van der Waals surface area contributed by atoms with Crippen LogP contribution in [-0.4, -0.2) is 29.6 Å². The standard InChI is InChI=1S/C13H22N4/c1-11(2)7-14-8-12-9-15-10-13(16-12)17-5-3-4-6-17/h9-11,14H,3-8H2,1-2H3. The average molecular weight is 234 g/mol. The van der Waals surface area contributed by atoms with E-state index in [4.69, 9.17) is 0 Å². The molecule has 0 aromatic carbocycles. The molecule has 1 fully saturated rings. The van der Waals surface area contributed by atoms with Crippen molar-refractivity contribution >= 4 is 5.82 Å². The van der Waals surface area contributed by atoms with E-state index >= 15 is 0 Å². The van der Waals surface area contributed by atoms with Gasteiger partial charge < -0.3 is 10.2 Å². The monoisotopic (exact) mass is 234 g/mol. The third kappa shape index (κ3) is 3.66. The van der Waals surface area contributed by atoms with E-state index in [-0.39, 0.29) is 0 Å². The highest BCUT2D eigenvalue weighted by Gasteiger charge is 2.13. The molecule has 0 unspecified atom stereocenters. The Balaban J connectivity index is 1.91. The molecule has 1 saturated heterocycles. The summed E-state index contributed by atoms with van der Waals surface area (Å²) in [5.41, 5.74) is 1.04. The lowest BCUT2D eigenvalue weighted by molar-refractivity contribution is 0.547. The first kappa shape index (κ1) is 12.3. The van der Waals surface area contributed by atoms with E-state index in [1.165, 1.54) is 12.8 Å². The molecule has 4 heteroatoms. The second-order valence-electron chi connectivity index (χ2n) is 5.09. The van der Waals surface area contributed by atoms with E-state index in [0.717, 1.165) is 37.7 Å². The van der Waals surface area contributed by atoms with E-state index in [2.05, 4.69) is 34.0 Å². The van der Waals surface area contributed by atoms with Crippen LogP contribution in [-0.2, 0) is 6.54 Å². The lowest BCUT2D eigenvalue weighted by Crippen LogP contribution is -2.22. The van der Waals surface area contributed by atoms with Gasteiger partial charge in [-0.2, -0.15) is 0 Å². The van der Waals surface area contributed by atoms with Gasteiger partial charge in [0.05, 0.1) is 11.9 Å². The highest BCUT2D eigenvalue weighted by molar-refractivity contribution is 5.37. The number of nitrogens with one attached hydrogen (secondary N) is 1. The Bertz CT molecular complexity index is 345. The van der Waals surface area contributed by atoms with Crippen LogP contribution in [0.25, 0.3) is 0 Å². The van der Waals surface area contributed by atoms with E-state index < -0.39 is 0 Å². The highest BCUT2D eigenvalue weighted by Crippen LogP contribution is 2.16. The first-order chi connectivity index (χ1) is 8.25. The lowest BCUT2D eigenvalue weighted by Gasteiger charge is -2.16. The molecule has 0 saturated carbocycles. The van der Waals surface area contributed by atoms with Crippen LogP contribution >= 0.6 is 0 Å². The van der Waals surface area contributed by atoms with Gasteiger partial charge in [-0.05, 0) is 25.3 Å². The number of hydrogen-bond donors (Lipinski definition) is 1. The van der Waals surface area contributed by atoms with Gasteiger partial charge in [-0.15, -0.1) is 0 Å². The third-order valence-electron chi connectivity index (χ3n) is 2.96. The Morgan fingerprint density at radius 2 is 2.06 bits per heavy atom. The Hall–Kier alpha value is -1.16. The molecule has 1 aromatic heterocycles. The lowest BCUT2D eigenvalue weighted by atomic mass is 10.2. The largest absolute Gasteiger partial charge is 0.355 e. The molecule has 0 atom stereocenters. The van der Waals surface area contributed by atoms with E-state index in [9.17, 15) is 0 Å². The Labute approximate surface area is 103 Å². The zero-order valence-electron chi connectivity index (χ0n) is 10.8. The normalized spacial score (nSPS) is 15.8. The van der Waals surface area contributed by atoms with Crippen molar-refractivity contribution in [1.82, 2.24) is 15.3 Å². The molecule has 0 spiro atoms. The molecule has 1 aliphatic rings. The summed E-state index contributed by atoms with van der Waals surface area (Å²) in [6.07, 6.45) is 6.28. The van der Waals surface area contributed by atoms with Gasteiger partial charge >= 0.3 is 0 Å². The molecule has 1 aliphatic heterocycles. The second-order valence-corrected chi connectivity index (χ2v) is 5.09. The minimum absolute atomic E-state index is 0.671. The number of aromatic nitrogens is 2. The molecular weight excluding hydrogens is 212 g/mol. The summed E-state index contributed by atoms with van der Waals surface area (Å²) in [6.45, 7) is 8.50. The molecule has 94 valence electrons. The number of nitrogens with zero attached hydrogens (tertiary/aromatic N) is 3. The maximum Gasteiger partial charge on any atom is 0.147 e. The van der Waals surface area contributed by atoms with Crippen molar-refractivity contribution in [3.05, 3.63) is 18.1 Å². The highest BCUT2D eigenvalue weighted by atomic mass is 15.2. The molecule has 1 N–H and O–H groups in total. The molecule has 17 heavy (non-hydrogen) atoms. The Kier molecular flexibility index (Phi) is 4.31. The van der Waals surface area contributed by atoms with E-state index in [1.54, 1.807) is 0 Å². The number of anilines is 1. The van der Waals surface area contributed by atoms with Gasteiger partial charge in [0.2, 0.25) is 0 Å². The second kappa shape index (κ2) is 5.96.